The van der Waals surface area contributed by atoms with E-state index in [1.807, 2.05) is 30.3 Å². The van der Waals surface area contributed by atoms with Gasteiger partial charge in [-0.25, -0.2) is 0 Å². The molecule has 0 aliphatic carbocycles. The molecule has 0 unspecified atom stereocenters. The molecule has 0 bridgehead atoms. The lowest BCUT2D eigenvalue weighted by Crippen LogP contribution is -2.27. The van der Waals surface area contributed by atoms with Gasteiger partial charge in [0.15, 0.2) is 0 Å². The average molecular weight is 436 g/mol. The van der Waals surface area contributed by atoms with Crippen LogP contribution < -0.4 is 5.56 Å². The topological polar surface area (TPSA) is 96.0 Å². The monoisotopic (exact) mass is 435 g/mol. The quantitative estimate of drug-likeness (QED) is 0.483. The SMILES string of the molecule is Cc1c(C(=O)c2sc3ccccc3c2Cl)c(O)n(Cc2cccnc2)c(=O)c1C#N. The number of pyridine rings is 2. The molecule has 4 rings (SSSR count). The summed E-state index contributed by atoms with van der Waals surface area (Å²) >= 11 is 7.65. The van der Waals surface area contributed by atoms with Crippen molar-refractivity contribution in [1.29, 1.82) is 5.26 Å². The minimum atomic E-state index is -0.671. The van der Waals surface area contributed by atoms with Crippen molar-refractivity contribution >= 4 is 38.8 Å². The standard InChI is InChI=1S/C22H14ClN3O3S/c1-12-15(9-24)21(28)26(11-13-5-4-8-25-10-13)22(29)17(12)19(27)20-18(23)14-6-2-3-7-16(14)30-20/h2-8,10,29H,11H2,1H3. The lowest BCUT2D eigenvalue weighted by molar-refractivity contribution is 0.103. The van der Waals surface area contributed by atoms with Gasteiger partial charge in [0.25, 0.3) is 5.56 Å². The van der Waals surface area contributed by atoms with Crippen molar-refractivity contribution in [1.82, 2.24) is 9.55 Å². The van der Waals surface area contributed by atoms with E-state index >= 15 is 0 Å². The summed E-state index contributed by atoms with van der Waals surface area (Å²) < 4.78 is 1.84. The lowest BCUT2D eigenvalue weighted by Gasteiger charge is -2.15. The Morgan fingerprint density at radius 1 is 1.30 bits per heavy atom. The molecule has 0 amide bonds. The van der Waals surface area contributed by atoms with Crippen LogP contribution >= 0.6 is 22.9 Å². The van der Waals surface area contributed by atoms with Gasteiger partial charge in [-0.15, -0.1) is 11.3 Å². The molecule has 0 fully saturated rings. The number of rotatable bonds is 4. The highest BCUT2D eigenvalue weighted by molar-refractivity contribution is 7.21. The van der Waals surface area contributed by atoms with Crippen LogP contribution in [0.15, 0.2) is 53.6 Å². The molecule has 8 heteroatoms. The molecule has 1 N–H and O–H groups in total. The molecular weight excluding hydrogens is 422 g/mol. The van der Waals surface area contributed by atoms with Crippen molar-refractivity contribution in [3.05, 3.63) is 91.3 Å². The van der Waals surface area contributed by atoms with Crippen LogP contribution in [0.1, 0.15) is 31.9 Å². The summed E-state index contributed by atoms with van der Waals surface area (Å²) in [6.07, 6.45) is 3.13. The van der Waals surface area contributed by atoms with E-state index in [0.717, 1.165) is 14.7 Å². The number of hydrogen-bond donors (Lipinski definition) is 1. The Morgan fingerprint density at radius 3 is 2.73 bits per heavy atom. The van der Waals surface area contributed by atoms with Gasteiger partial charge in [-0.1, -0.05) is 35.9 Å². The Kier molecular flexibility index (Phi) is 5.12. The number of hydrogen-bond acceptors (Lipinski definition) is 6. The van der Waals surface area contributed by atoms with E-state index < -0.39 is 17.2 Å². The molecule has 6 nitrogen and oxygen atoms in total. The minimum Gasteiger partial charge on any atom is -0.494 e. The Morgan fingerprint density at radius 2 is 2.07 bits per heavy atom. The van der Waals surface area contributed by atoms with Crippen molar-refractivity contribution in [2.75, 3.05) is 0 Å². The number of fused-ring (bicyclic) bond motifs is 1. The third-order valence-corrected chi connectivity index (χ3v) is 6.51. The molecule has 0 radical (unpaired) electrons. The Bertz CT molecular complexity index is 1400. The third-order valence-electron chi connectivity index (χ3n) is 4.83. The van der Waals surface area contributed by atoms with Gasteiger partial charge >= 0.3 is 0 Å². The third kappa shape index (κ3) is 3.16. The molecule has 3 heterocycles. The highest BCUT2D eigenvalue weighted by atomic mass is 35.5. The van der Waals surface area contributed by atoms with Gasteiger partial charge in [0.2, 0.25) is 11.7 Å². The van der Waals surface area contributed by atoms with Crippen molar-refractivity contribution < 1.29 is 9.90 Å². The molecule has 30 heavy (non-hydrogen) atoms. The molecule has 0 saturated carbocycles. The van der Waals surface area contributed by atoms with E-state index in [9.17, 15) is 20.0 Å². The highest BCUT2D eigenvalue weighted by Gasteiger charge is 2.28. The summed E-state index contributed by atoms with van der Waals surface area (Å²) in [6, 6.07) is 12.6. The fourth-order valence-corrected chi connectivity index (χ4v) is 4.78. The smallest absolute Gasteiger partial charge is 0.271 e. The van der Waals surface area contributed by atoms with Crippen LogP contribution in [-0.4, -0.2) is 20.4 Å². The largest absolute Gasteiger partial charge is 0.494 e. The predicted molar refractivity (Wildman–Crippen MR) is 115 cm³/mol. The number of benzene rings is 1. The summed E-state index contributed by atoms with van der Waals surface area (Å²) in [7, 11) is 0. The van der Waals surface area contributed by atoms with Crippen LogP contribution in [0.25, 0.3) is 10.1 Å². The van der Waals surface area contributed by atoms with Gasteiger partial charge < -0.3 is 5.11 Å². The maximum Gasteiger partial charge on any atom is 0.271 e. The Labute approximate surface area is 180 Å². The van der Waals surface area contributed by atoms with Crippen molar-refractivity contribution in [3.8, 4) is 11.9 Å². The van der Waals surface area contributed by atoms with E-state index in [0.29, 0.717) is 5.56 Å². The van der Waals surface area contributed by atoms with Gasteiger partial charge in [0, 0.05) is 22.5 Å². The number of carbonyl (C=O) groups excluding carboxylic acids is 1. The molecule has 0 atom stereocenters. The number of nitriles is 1. The summed E-state index contributed by atoms with van der Waals surface area (Å²) in [5.74, 6) is -1.04. The highest BCUT2D eigenvalue weighted by Crippen LogP contribution is 2.38. The molecule has 3 aromatic heterocycles. The van der Waals surface area contributed by atoms with Crippen molar-refractivity contribution in [2.24, 2.45) is 0 Å². The zero-order chi connectivity index (χ0) is 21.4. The number of aromatic nitrogens is 2. The normalized spacial score (nSPS) is 10.8. The first kappa shape index (κ1) is 19.8. The summed E-state index contributed by atoms with van der Waals surface area (Å²) in [5.41, 5.74) is -0.210. The first-order valence-electron chi connectivity index (χ1n) is 8.91. The average Bonchev–Trinajstić information content (AvgIpc) is 3.09. The molecule has 0 spiro atoms. The first-order chi connectivity index (χ1) is 14.4. The van der Waals surface area contributed by atoms with E-state index in [-0.39, 0.29) is 33.1 Å². The van der Waals surface area contributed by atoms with Crippen molar-refractivity contribution in [2.45, 2.75) is 13.5 Å². The van der Waals surface area contributed by atoms with Gasteiger partial charge in [-0.3, -0.25) is 19.1 Å². The lowest BCUT2D eigenvalue weighted by atomic mass is 10.0. The van der Waals surface area contributed by atoms with Gasteiger partial charge in [0.1, 0.15) is 11.6 Å². The molecule has 0 aliphatic heterocycles. The number of carbonyl (C=O) groups is 1. The zero-order valence-corrected chi connectivity index (χ0v) is 17.3. The maximum absolute atomic E-state index is 13.4. The number of thiophene rings is 1. The van der Waals surface area contributed by atoms with Crippen LogP contribution in [0, 0.1) is 18.3 Å². The van der Waals surface area contributed by atoms with Gasteiger partial charge in [-0.05, 0) is 30.2 Å². The van der Waals surface area contributed by atoms with Crippen LogP contribution in [0.4, 0.5) is 0 Å². The molecular formula is C22H14ClN3O3S. The van der Waals surface area contributed by atoms with Crippen LogP contribution in [-0.2, 0) is 6.54 Å². The summed E-state index contributed by atoms with van der Waals surface area (Å²) in [6.45, 7) is 1.44. The Balaban J connectivity index is 1.94. The number of halogens is 1. The van der Waals surface area contributed by atoms with E-state index in [4.69, 9.17) is 11.6 Å². The second kappa shape index (κ2) is 7.75. The molecule has 0 aliphatic rings. The van der Waals surface area contributed by atoms with Crippen LogP contribution in [0.5, 0.6) is 5.88 Å². The second-order valence-corrected chi connectivity index (χ2v) is 8.06. The van der Waals surface area contributed by atoms with Crippen LogP contribution in [0.2, 0.25) is 5.02 Å². The fraction of sp³-hybridized carbons (Fsp3) is 0.0909. The Hall–Kier alpha value is -3.47. The van der Waals surface area contributed by atoms with E-state index in [2.05, 4.69) is 4.98 Å². The van der Waals surface area contributed by atoms with E-state index in [1.165, 1.54) is 18.3 Å². The minimum absolute atomic E-state index is 0.0338. The van der Waals surface area contributed by atoms with Gasteiger partial charge in [0.05, 0.1) is 22.0 Å². The number of aromatic hydroxyl groups is 1. The fourth-order valence-electron chi connectivity index (χ4n) is 3.32. The van der Waals surface area contributed by atoms with Crippen LogP contribution in [0.3, 0.4) is 0 Å². The van der Waals surface area contributed by atoms with Gasteiger partial charge in [-0.2, -0.15) is 5.26 Å². The number of ketones is 1. The molecule has 148 valence electrons. The molecule has 4 aromatic rings. The number of nitrogens with zero attached hydrogens (tertiary/aromatic N) is 3. The summed E-state index contributed by atoms with van der Waals surface area (Å²) in [5, 5.41) is 21.4. The first-order valence-corrected chi connectivity index (χ1v) is 10.1. The summed E-state index contributed by atoms with van der Waals surface area (Å²) in [4.78, 5) is 30.4. The molecule has 1 aromatic carbocycles. The maximum atomic E-state index is 13.4. The molecule has 0 saturated heterocycles. The predicted octanol–water partition coefficient (Wildman–Crippen LogP) is 4.28. The second-order valence-electron chi connectivity index (χ2n) is 6.63. The van der Waals surface area contributed by atoms with E-state index in [1.54, 1.807) is 24.5 Å². The zero-order valence-electron chi connectivity index (χ0n) is 15.7. The van der Waals surface area contributed by atoms with Crippen molar-refractivity contribution in [3.63, 3.8) is 0 Å².